The van der Waals surface area contributed by atoms with Crippen LogP contribution in [0.3, 0.4) is 0 Å². The lowest BCUT2D eigenvalue weighted by atomic mass is 10.1. The molecule has 0 saturated heterocycles. The molecule has 0 unspecified atom stereocenters. The number of fused-ring (bicyclic) bond motifs is 2. The highest BCUT2D eigenvalue weighted by Gasteiger charge is 2.07. The maximum atomic E-state index is 9.01. The molecule has 0 radical (unpaired) electrons. The zero-order chi connectivity index (χ0) is 22.6. The fourth-order valence-electron chi connectivity index (χ4n) is 4.24. The van der Waals surface area contributed by atoms with Crippen LogP contribution < -0.4 is 0 Å². The Kier molecular flexibility index (Phi) is 5.93. The molecule has 0 amide bonds. The van der Waals surface area contributed by atoms with E-state index in [1.807, 2.05) is 30.3 Å². The van der Waals surface area contributed by atoms with E-state index in [9.17, 15) is 0 Å². The van der Waals surface area contributed by atoms with Gasteiger partial charge in [-0.25, -0.2) is 4.98 Å². The van der Waals surface area contributed by atoms with Crippen LogP contribution in [0, 0.1) is 11.3 Å². The fraction of sp³-hybridized carbons (Fsp3) is 0.103. The second-order valence-electron chi connectivity index (χ2n) is 8.11. The number of rotatable bonds is 6. The molecule has 2 aromatic heterocycles. The summed E-state index contributed by atoms with van der Waals surface area (Å²) >= 11 is 6.12. The first-order valence-corrected chi connectivity index (χ1v) is 11.3. The summed E-state index contributed by atoms with van der Waals surface area (Å²) in [7, 11) is 0. The van der Waals surface area contributed by atoms with Crippen LogP contribution in [0.25, 0.3) is 34.0 Å². The number of para-hydroxylation sites is 1. The van der Waals surface area contributed by atoms with E-state index in [1.165, 1.54) is 22.0 Å². The van der Waals surface area contributed by atoms with Gasteiger partial charge in [-0.3, -0.25) is 0 Å². The molecule has 0 bridgehead atoms. The van der Waals surface area contributed by atoms with Crippen molar-refractivity contribution in [2.75, 3.05) is 0 Å². The summed E-state index contributed by atoms with van der Waals surface area (Å²) in [5.41, 5.74) is 6.58. The number of hydrogen-bond donors (Lipinski definition) is 0. The van der Waals surface area contributed by atoms with E-state index in [-0.39, 0.29) is 0 Å². The molecule has 0 atom stereocenters. The van der Waals surface area contributed by atoms with Crippen LogP contribution in [0.5, 0.6) is 0 Å². The van der Waals surface area contributed by atoms with Gasteiger partial charge in [-0.1, -0.05) is 66.2 Å². The summed E-state index contributed by atoms with van der Waals surface area (Å²) in [6.07, 6.45) is 7.55. The zero-order valence-corrected chi connectivity index (χ0v) is 18.8. The topological polar surface area (TPSA) is 41.6 Å². The molecule has 2 heterocycles. The van der Waals surface area contributed by atoms with Crippen molar-refractivity contribution in [1.29, 1.82) is 5.26 Å². The third kappa shape index (κ3) is 4.67. The van der Waals surface area contributed by atoms with Gasteiger partial charge in [0.2, 0.25) is 0 Å². The molecule has 33 heavy (non-hydrogen) atoms. The molecule has 4 heteroatoms. The molecule has 160 valence electrons. The summed E-state index contributed by atoms with van der Waals surface area (Å²) in [4.78, 5) is 4.70. The quantitative estimate of drug-likeness (QED) is 0.270. The molecular weight excluding hydrogens is 426 g/mol. The lowest BCUT2D eigenvalue weighted by Gasteiger charge is -2.10. The van der Waals surface area contributed by atoms with Gasteiger partial charge in [0, 0.05) is 29.6 Å². The molecule has 0 spiro atoms. The summed E-state index contributed by atoms with van der Waals surface area (Å²) in [5.74, 6) is 0. The van der Waals surface area contributed by atoms with E-state index >= 15 is 0 Å². The van der Waals surface area contributed by atoms with Gasteiger partial charge in [-0.2, -0.15) is 5.26 Å². The monoisotopic (exact) mass is 447 g/mol. The number of aryl methyl sites for hydroxylation is 1. The summed E-state index contributed by atoms with van der Waals surface area (Å²) in [6, 6.07) is 29.1. The third-order valence-electron chi connectivity index (χ3n) is 5.80. The van der Waals surface area contributed by atoms with Crippen molar-refractivity contribution in [3.8, 4) is 6.07 Å². The molecule has 3 nitrogen and oxygen atoms in total. The predicted octanol–water partition coefficient (Wildman–Crippen LogP) is 7.52. The largest absolute Gasteiger partial charge is 0.343 e. The zero-order valence-electron chi connectivity index (χ0n) is 18.1. The summed E-state index contributed by atoms with van der Waals surface area (Å²) < 4.78 is 2.28. The van der Waals surface area contributed by atoms with Crippen LogP contribution in [-0.2, 0) is 13.0 Å². The number of nitrogens with zero attached hydrogens (tertiary/aromatic N) is 3. The van der Waals surface area contributed by atoms with Crippen LogP contribution in [0.2, 0.25) is 5.02 Å². The average Bonchev–Trinajstić information content (AvgIpc) is 3.24. The molecule has 0 saturated carbocycles. The van der Waals surface area contributed by atoms with E-state index in [0.29, 0.717) is 11.4 Å². The first kappa shape index (κ1) is 21.0. The van der Waals surface area contributed by atoms with Crippen molar-refractivity contribution in [2.45, 2.75) is 19.4 Å². The van der Waals surface area contributed by atoms with Crippen LogP contribution in [-0.4, -0.2) is 9.55 Å². The number of halogens is 1. The number of hydrogen-bond acceptors (Lipinski definition) is 2. The van der Waals surface area contributed by atoms with E-state index in [2.05, 4.69) is 77.5 Å². The van der Waals surface area contributed by atoms with Gasteiger partial charge in [0.1, 0.15) is 0 Å². The second kappa shape index (κ2) is 9.32. The van der Waals surface area contributed by atoms with Crippen LogP contribution >= 0.6 is 11.6 Å². The third-order valence-corrected chi connectivity index (χ3v) is 6.04. The maximum Gasteiger partial charge on any atom is 0.0724 e. The molecule has 0 aliphatic heterocycles. The maximum absolute atomic E-state index is 9.01. The number of pyridine rings is 1. The highest BCUT2D eigenvalue weighted by molar-refractivity contribution is 6.31. The Labute approximate surface area is 198 Å². The Morgan fingerprint density at radius 2 is 1.79 bits per heavy atom. The Bertz CT molecular complexity index is 1520. The summed E-state index contributed by atoms with van der Waals surface area (Å²) in [5, 5.41) is 12.0. The van der Waals surface area contributed by atoms with Gasteiger partial charge in [-0.15, -0.1) is 0 Å². The number of benzene rings is 3. The molecule has 5 rings (SSSR count). The Morgan fingerprint density at radius 3 is 2.70 bits per heavy atom. The Morgan fingerprint density at radius 1 is 0.909 bits per heavy atom. The van der Waals surface area contributed by atoms with Crippen LogP contribution in [0.4, 0.5) is 0 Å². The van der Waals surface area contributed by atoms with Gasteiger partial charge in [0.25, 0.3) is 0 Å². The second-order valence-corrected chi connectivity index (χ2v) is 8.54. The molecule has 0 N–H and O–H groups in total. The number of nitriles is 1. The van der Waals surface area contributed by atoms with Crippen LogP contribution in [0.15, 0.2) is 85.1 Å². The van der Waals surface area contributed by atoms with Crippen molar-refractivity contribution < 1.29 is 0 Å². The molecule has 0 fully saturated rings. The van der Waals surface area contributed by atoms with E-state index in [0.717, 1.165) is 35.1 Å². The molecule has 0 aliphatic rings. The van der Waals surface area contributed by atoms with E-state index in [4.69, 9.17) is 21.8 Å². The van der Waals surface area contributed by atoms with Crippen LogP contribution in [0.1, 0.15) is 28.8 Å². The van der Waals surface area contributed by atoms with E-state index < -0.39 is 0 Å². The summed E-state index contributed by atoms with van der Waals surface area (Å²) in [6.45, 7) is 0.779. The minimum Gasteiger partial charge on any atom is -0.343 e. The highest BCUT2D eigenvalue weighted by atomic mass is 35.5. The average molecular weight is 448 g/mol. The fourth-order valence-corrected chi connectivity index (χ4v) is 4.40. The van der Waals surface area contributed by atoms with Crippen molar-refractivity contribution in [3.05, 3.63) is 112 Å². The molecule has 0 aliphatic carbocycles. The smallest absolute Gasteiger partial charge is 0.0724 e. The first-order chi connectivity index (χ1) is 16.2. The Balaban J connectivity index is 1.40. The van der Waals surface area contributed by atoms with Gasteiger partial charge < -0.3 is 4.57 Å². The first-order valence-electron chi connectivity index (χ1n) is 11.0. The van der Waals surface area contributed by atoms with Crippen molar-refractivity contribution in [2.24, 2.45) is 0 Å². The minimum atomic E-state index is 0.527. The van der Waals surface area contributed by atoms with Crippen molar-refractivity contribution in [3.63, 3.8) is 0 Å². The molecular formula is C29H22ClN3. The van der Waals surface area contributed by atoms with Gasteiger partial charge in [0.05, 0.1) is 22.8 Å². The lowest BCUT2D eigenvalue weighted by molar-refractivity contribution is 0.828. The normalized spacial score (nSPS) is 11.4. The standard InChI is InChI=1S/C29H22ClN3/c30-26-12-10-23-11-14-27(32-28(23)19-26)13-9-21-4-1-5-22(18-21)20-33-17-15-25-7-2-6-24(29(25)33)8-3-16-31/h1-2,4-7,9-15,17-19H,3,8,20H2/b13-9+. The van der Waals surface area contributed by atoms with Gasteiger partial charge in [-0.05, 0) is 64.9 Å². The lowest BCUT2D eigenvalue weighted by Crippen LogP contribution is -2.00. The van der Waals surface area contributed by atoms with Gasteiger partial charge in [0.15, 0.2) is 0 Å². The van der Waals surface area contributed by atoms with E-state index in [1.54, 1.807) is 0 Å². The molecule has 5 aromatic rings. The SMILES string of the molecule is N#CCCc1cccc2ccn(Cc3cccc(/C=C/c4ccc5ccc(Cl)cc5n4)c3)c12. The number of aromatic nitrogens is 2. The Hall–Kier alpha value is -3.87. The predicted molar refractivity (Wildman–Crippen MR) is 137 cm³/mol. The van der Waals surface area contributed by atoms with Crippen molar-refractivity contribution >= 4 is 45.6 Å². The highest BCUT2D eigenvalue weighted by Crippen LogP contribution is 2.23. The van der Waals surface area contributed by atoms with Gasteiger partial charge >= 0.3 is 0 Å². The van der Waals surface area contributed by atoms with Crippen molar-refractivity contribution in [1.82, 2.24) is 9.55 Å². The minimum absolute atomic E-state index is 0.527. The molecule has 3 aromatic carbocycles.